The standard InChI is InChI=1S/C14H17BrN2OS/c1-19-9-10(6-8-18)17-13-5-7-16-14-11(13)3-2-4-12(14)15/h2-5,7,10,18H,6,8-9H2,1H3,(H,16,17). The van der Waals surface area contributed by atoms with E-state index in [0.717, 1.165) is 33.2 Å². The van der Waals surface area contributed by atoms with E-state index in [2.05, 4.69) is 38.6 Å². The number of anilines is 1. The van der Waals surface area contributed by atoms with Gasteiger partial charge in [0.2, 0.25) is 0 Å². The van der Waals surface area contributed by atoms with Crippen molar-refractivity contribution >= 4 is 44.3 Å². The molecule has 2 aromatic rings. The van der Waals surface area contributed by atoms with Gasteiger partial charge in [0.25, 0.3) is 0 Å². The number of nitrogens with zero attached hydrogens (tertiary/aromatic N) is 1. The van der Waals surface area contributed by atoms with E-state index in [1.165, 1.54) is 0 Å². The van der Waals surface area contributed by atoms with Gasteiger partial charge in [0.05, 0.1) is 5.52 Å². The van der Waals surface area contributed by atoms with Gasteiger partial charge in [-0.1, -0.05) is 12.1 Å². The molecule has 1 unspecified atom stereocenters. The number of nitrogens with one attached hydrogen (secondary N) is 1. The van der Waals surface area contributed by atoms with Crippen molar-refractivity contribution < 1.29 is 5.11 Å². The third-order valence-corrected chi connectivity index (χ3v) is 4.30. The van der Waals surface area contributed by atoms with Gasteiger partial charge in [-0.2, -0.15) is 11.8 Å². The second-order valence-corrected chi connectivity index (χ2v) is 6.07. The predicted octanol–water partition coefficient (Wildman–Crippen LogP) is 3.52. The number of thioether (sulfide) groups is 1. The van der Waals surface area contributed by atoms with E-state index < -0.39 is 0 Å². The van der Waals surface area contributed by atoms with Crippen LogP contribution in [0.25, 0.3) is 10.9 Å². The zero-order valence-corrected chi connectivity index (χ0v) is 13.2. The van der Waals surface area contributed by atoms with Gasteiger partial charge in [0.1, 0.15) is 0 Å². The Hall–Kier alpha value is -0.780. The summed E-state index contributed by atoms with van der Waals surface area (Å²) in [6.07, 6.45) is 4.64. The molecule has 1 aromatic carbocycles. The lowest BCUT2D eigenvalue weighted by Gasteiger charge is -2.19. The third-order valence-electron chi connectivity index (χ3n) is 2.93. The van der Waals surface area contributed by atoms with Gasteiger partial charge in [0, 0.05) is 40.1 Å². The van der Waals surface area contributed by atoms with Crippen LogP contribution in [0.2, 0.25) is 0 Å². The number of para-hydroxylation sites is 1. The predicted molar refractivity (Wildman–Crippen MR) is 86.9 cm³/mol. The highest BCUT2D eigenvalue weighted by Crippen LogP contribution is 2.28. The van der Waals surface area contributed by atoms with Crippen LogP contribution in [0.4, 0.5) is 5.69 Å². The minimum absolute atomic E-state index is 0.199. The summed E-state index contributed by atoms with van der Waals surface area (Å²) in [4.78, 5) is 4.40. The first kappa shape index (κ1) is 14.6. The van der Waals surface area contributed by atoms with Crippen LogP contribution in [0.15, 0.2) is 34.9 Å². The molecule has 102 valence electrons. The van der Waals surface area contributed by atoms with Crippen molar-refractivity contribution in [2.75, 3.05) is 23.9 Å². The molecule has 1 atom stereocenters. The first-order valence-corrected chi connectivity index (χ1v) is 8.34. The van der Waals surface area contributed by atoms with E-state index in [-0.39, 0.29) is 12.6 Å². The first-order chi connectivity index (χ1) is 9.26. The molecule has 0 spiro atoms. The Morgan fingerprint density at radius 2 is 2.26 bits per heavy atom. The number of hydrogen-bond donors (Lipinski definition) is 2. The zero-order chi connectivity index (χ0) is 13.7. The van der Waals surface area contributed by atoms with Crippen molar-refractivity contribution in [3.63, 3.8) is 0 Å². The van der Waals surface area contributed by atoms with Gasteiger partial charge in [0.15, 0.2) is 0 Å². The smallest absolute Gasteiger partial charge is 0.0864 e. The molecule has 0 aliphatic heterocycles. The summed E-state index contributed by atoms with van der Waals surface area (Å²) in [5.41, 5.74) is 2.03. The second-order valence-electron chi connectivity index (χ2n) is 4.30. The zero-order valence-electron chi connectivity index (χ0n) is 10.8. The monoisotopic (exact) mass is 340 g/mol. The molecule has 2 rings (SSSR count). The van der Waals surface area contributed by atoms with Gasteiger partial charge in [-0.3, -0.25) is 4.98 Å². The summed E-state index contributed by atoms with van der Waals surface area (Å²) in [7, 11) is 0. The van der Waals surface area contributed by atoms with Crippen molar-refractivity contribution in [1.82, 2.24) is 4.98 Å². The Morgan fingerprint density at radius 1 is 1.42 bits per heavy atom. The molecule has 0 radical (unpaired) electrons. The van der Waals surface area contributed by atoms with Crippen molar-refractivity contribution in [2.45, 2.75) is 12.5 Å². The van der Waals surface area contributed by atoms with E-state index in [4.69, 9.17) is 5.11 Å². The molecule has 1 aromatic heterocycles. The molecule has 0 saturated heterocycles. The fraction of sp³-hybridized carbons (Fsp3) is 0.357. The minimum atomic E-state index is 0.199. The molecule has 0 saturated carbocycles. The van der Waals surface area contributed by atoms with Crippen molar-refractivity contribution in [3.05, 3.63) is 34.9 Å². The van der Waals surface area contributed by atoms with Crippen LogP contribution in [-0.4, -0.2) is 34.7 Å². The van der Waals surface area contributed by atoms with Gasteiger partial charge in [-0.25, -0.2) is 0 Å². The average molecular weight is 341 g/mol. The molecular formula is C14H17BrN2OS. The first-order valence-electron chi connectivity index (χ1n) is 6.16. The van der Waals surface area contributed by atoms with Crippen LogP contribution >= 0.6 is 27.7 Å². The quantitative estimate of drug-likeness (QED) is 0.844. The van der Waals surface area contributed by atoms with Gasteiger partial charge < -0.3 is 10.4 Å². The summed E-state index contributed by atoms with van der Waals surface area (Å²) in [6, 6.07) is 8.31. The molecule has 0 amide bonds. The van der Waals surface area contributed by atoms with Crippen LogP contribution in [0.1, 0.15) is 6.42 Å². The summed E-state index contributed by atoms with van der Waals surface area (Å²) >= 11 is 5.30. The number of aromatic nitrogens is 1. The number of aliphatic hydroxyl groups is 1. The normalized spacial score (nSPS) is 12.6. The summed E-state index contributed by atoms with van der Waals surface area (Å²) in [5.74, 6) is 0.971. The number of pyridine rings is 1. The maximum atomic E-state index is 9.13. The lowest BCUT2D eigenvalue weighted by molar-refractivity contribution is 0.282. The summed E-state index contributed by atoms with van der Waals surface area (Å²) in [6.45, 7) is 0.199. The number of fused-ring (bicyclic) bond motifs is 1. The van der Waals surface area contributed by atoms with E-state index in [1.54, 1.807) is 11.8 Å². The molecule has 1 heterocycles. The number of aliphatic hydroxyl groups excluding tert-OH is 1. The fourth-order valence-corrected chi connectivity index (χ4v) is 3.16. The van der Waals surface area contributed by atoms with E-state index >= 15 is 0 Å². The summed E-state index contributed by atoms with van der Waals surface area (Å²) in [5, 5.41) is 13.7. The van der Waals surface area contributed by atoms with E-state index in [9.17, 15) is 0 Å². The largest absolute Gasteiger partial charge is 0.396 e. The Balaban J connectivity index is 2.31. The molecule has 0 aliphatic carbocycles. The summed E-state index contributed by atoms with van der Waals surface area (Å²) < 4.78 is 0.997. The number of benzene rings is 1. The van der Waals surface area contributed by atoms with Crippen molar-refractivity contribution in [3.8, 4) is 0 Å². The van der Waals surface area contributed by atoms with Crippen LogP contribution < -0.4 is 5.32 Å². The minimum Gasteiger partial charge on any atom is -0.396 e. The number of halogens is 1. The SMILES string of the molecule is CSCC(CCO)Nc1ccnc2c(Br)cccc12. The van der Waals surface area contributed by atoms with Crippen molar-refractivity contribution in [1.29, 1.82) is 0 Å². The number of hydrogen-bond acceptors (Lipinski definition) is 4. The maximum absolute atomic E-state index is 9.13. The van der Waals surface area contributed by atoms with Gasteiger partial charge in [-0.05, 0) is 40.7 Å². The van der Waals surface area contributed by atoms with Crippen LogP contribution in [0.3, 0.4) is 0 Å². The van der Waals surface area contributed by atoms with Crippen molar-refractivity contribution in [2.24, 2.45) is 0 Å². The highest BCUT2D eigenvalue weighted by atomic mass is 79.9. The molecule has 19 heavy (non-hydrogen) atoms. The molecule has 2 N–H and O–H groups in total. The molecule has 0 aliphatic rings. The Kier molecular flexibility index (Phi) is 5.48. The maximum Gasteiger partial charge on any atom is 0.0864 e. The lowest BCUT2D eigenvalue weighted by atomic mass is 10.1. The van der Waals surface area contributed by atoms with Gasteiger partial charge in [-0.15, -0.1) is 0 Å². The highest BCUT2D eigenvalue weighted by molar-refractivity contribution is 9.10. The van der Waals surface area contributed by atoms with Crippen LogP contribution in [-0.2, 0) is 0 Å². The molecule has 0 bridgehead atoms. The van der Waals surface area contributed by atoms with Gasteiger partial charge >= 0.3 is 0 Å². The molecule has 5 heteroatoms. The number of rotatable bonds is 6. The van der Waals surface area contributed by atoms with E-state index in [1.807, 2.05) is 24.4 Å². The highest BCUT2D eigenvalue weighted by Gasteiger charge is 2.10. The molecule has 0 fully saturated rings. The van der Waals surface area contributed by atoms with E-state index in [0.29, 0.717) is 0 Å². The Bertz CT molecular complexity index is 544. The Morgan fingerprint density at radius 3 is 3.00 bits per heavy atom. The molecular weight excluding hydrogens is 324 g/mol. The fourth-order valence-electron chi connectivity index (χ4n) is 2.04. The Labute approximate surface area is 125 Å². The second kappa shape index (κ2) is 7.12. The topological polar surface area (TPSA) is 45.1 Å². The van der Waals surface area contributed by atoms with Crippen LogP contribution in [0.5, 0.6) is 0 Å². The van der Waals surface area contributed by atoms with Crippen LogP contribution in [0, 0.1) is 0 Å². The lowest BCUT2D eigenvalue weighted by Crippen LogP contribution is -2.23. The molecule has 3 nitrogen and oxygen atoms in total. The third kappa shape index (κ3) is 3.61. The average Bonchev–Trinajstić information content (AvgIpc) is 2.40.